The summed E-state index contributed by atoms with van der Waals surface area (Å²) in [5.41, 5.74) is 0.923. The molecule has 0 saturated heterocycles. The molecule has 0 spiro atoms. The van der Waals surface area contributed by atoms with Gasteiger partial charge in [0.25, 0.3) is 0 Å². The van der Waals surface area contributed by atoms with Gasteiger partial charge >= 0.3 is 0 Å². The Hall–Kier alpha value is -0.830. The summed E-state index contributed by atoms with van der Waals surface area (Å²) in [6, 6.07) is 3.84. The van der Waals surface area contributed by atoms with E-state index < -0.39 is 0 Å². The van der Waals surface area contributed by atoms with Crippen molar-refractivity contribution in [2.45, 2.75) is 32.1 Å². The van der Waals surface area contributed by atoms with E-state index >= 15 is 0 Å². The number of aromatic nitrogens is 2. The Morgan fingerprint density at radius 2 is 2.21 bits per heavy atom. The fourth-order valence-corrected chi connectivity index (χ4v) is 1.42. The second-order valence-electron chi connectivity index (χ2n) is 3.33. The summed E-state index contributed by atoms with van der Waals surface area (Å²) in [5, 5.41) is 11.3. The van der Waals surface area contributed by atoms with E-state index in [1.807, 2.05) is 19.1 Å². The van der Waals surface area contributed by atoms with E-state index in [4.69, 9.17) is 11.6 Å². The van der Waals surface area contributed by atoms with Gasteiger partial charge in [-0.3, -0.25) is 0 Å². The lowest BCUT2D eigenvalue weighted by molar-refractivity contribution is 0.749. The summed E-state index contributed by atoms with van der Waals surface area (Å²) in [4.78, 5) is 0. The van der Waals surface area contributed by atoms with Gasteiger partial charge in [-0.25, -0.2) is 0 Å². The Morgan fingerprint density at radius 1 is 1.43 bits per heavy atom. The van der Waals surface area contributed by atoms with Gasteiger partial charge in [-0.15, -0.1) is 16.7 Å². The SMILES string of the molecule is CCCC(Cl)CNc1ccc(C)nn1. The van der Waals surface area contributed by atoms with Crippen molar-refractivity contribution in [1.29, 1.82) is 0 Å². The standard InChI is InChI=1S/C10H16ClN3/c1-3-4-9(11)7-12-10-6-5-8(2)13-14-10/h5-6,9H,3-4,7H2,1-2H3,(H,12,14). The fourth-order valence-electron chi connectivity index (χ4n) is 1.12. The molecule has 0 aromatic carbocycles. The number of rotatable bonds is 5. The van der Waals surface area contributed by atoms with E-state index in [2.05, 4.69) is 22.4 Å². The van der Waals surface area contributed by atoms with Gasteiger partial charge in [-0.1, -0.05) is 13.3 Å². The zero-order valence-corrected chi connectivity index (χ0v) is 9.38. The maximum absolute atomic E-state index is 6.05. The minimum absolute atomic E-state index is 0.170. The molecule has 0 radical (unpaired) electrons. The van der Waals surface area contributed by atoms with Gasteiger partial charge in [-0.2, -0.15) is 5.10 Å². The maximum Gasteiger partial charge on any atom is 0.148 e. The second-order valence-corrected chi connectivity index (χ2v) is 3.94. The number of hydrogen-bond acceptors (Lipinski definition) is 3. The molecule has 1 heterocycles. The zero-order valence-electron chi connectivity index (χ0n) is 8.63. The van der Waals surface area contributed by atoms with Crippen LogP contribution in [0.5, 0.6) is 0 Å². The fraction of sp³-hybridized carbons (Fsp3) is 0.600. The zero-order chi connectivity index (χ0) is 10.4. The highest BCUT2D eigenvalue weighted by atomic mass is 35.5. The van der Waals surface area contributed by atoms with Gasteiger partial charge < -0.3 is 5.32 Å². The Labute approximate surface area is 89.9 Å². The second kappa shape index (κ2) is 5.81. The lowest BCUT2D eigenvalue weighted by atomic mass is 10.2. The molecular weight excluding hydrogens is 198 g/mol. The van der Waals surface area contributed by atoms with Crippen molar-refractivity contribution >= 4 is 17.4 Å². The Bertz CT molecular complexity index is 261. The summed E-state index contributed by atoms with van der Waals surface area (Å²) in [6.45, 7) is 4.78. The summed E-state index contributed by atoms with van der Waals surface area (Å²) in [7, 11) is 0. The molecule has 78 valence electrons. The van der Waals surface area contributed by atoms with Crippen LogP contribution in [0.15, 0.2) is 12.1 Å². The van der Waals surface area contributed by atoms with E-state index in [1.54, 1.807) is 0 Å². The third kappa shape index (κ3) is 3.92. The lowest BCUT2D eigenvalue weighted by Crippen LogP contribution is -2.14. The number of halogens is 1. The topological polar surface area (TPSA) is 37.8 Å². The number of hydrogen-bond donors (Lipinski definition) is 1. The summed E-state index contributed by atoms with van der Waals surface area (Å²) >= 11 is 6.05. The third-order valence-corrected chi connectivity index (χ3v) is 2.28. The minimum atomic E-state index is 0.170. The summed E-state index contributed by atoms with van der Waals surface area (Å²) in [5.74, 6) is 0.789. The van der Waals surface area contributed by atoms with Gasteiger partial charge in [0.2, 0.25) is 0 Å². The van der Waals surface area contributed by atoms with E-state index in [-0.39, 0.29) is 5.38 Å². The first-order valence-electron chi connectivity index (χ1n) is 4.90. The predicted molar refractivity (Wildman–Crippen MR) is 59.8 cm³/mol. The van der Waals surface area contributed by atoms with E-state index in [0.717, 1.165) is 30.9 Å². The molecule has 1 N–H and O–H groups in total. The predicted octanol–water partition coefficient (Wildman–Crippen LogP) is 2.60. The Balaban J connectivity index is 2.34. The molecule has 1 rings (SSSR count). The highest BCUT2D eigenvalue weighted by Crippen LogP contribution is 2.07. The number of anilines is 1. The molecule has 0 saturated carbocycles. The third-order valence-electron chi connectivity index (χ3n) is 1.90. The van der Waals surface area contributed by atoms with Crippen molar-refractivity contribution in [2.24, 2.45) is 0 Å². The van der Waals surface area contributed by atoms with Crippen LogP contribution in [0.1, 0.15) is 25.5 Å². The van der Waals surface area contributed by atoms with Crippen LogP contribution in [0.3, 0.4) is 0 Å². The molecule has 1 aromatic rings. The van der Waals surface area contributed by atoms with Crippen LogP contribution < -0.4 is 5.32 Å². The highest BCUT2D eigenvalue weighted by molar-refractivity contribution is 6.20. The average Bonchev–Trinajstić information content (AvgIpc) is 2.17. The molecule has 3 nitrogen and oxygen atoms in total. The number of aryl methyl sites for hydroxylation is 1. The van der Waals surface area contributed by atoms with Crippen LogP contribution in [-0.2, 0) is 0 Å². The first kappa shape index (κ1) is 11.2. The van der Waals surface area contributed by atoms with Gasteiger partial charge in [0, 0.05) is 6.54 Å². The molecule has 0 amide bonds. The molecule has 0 fully saturated rings. The molecule has 0 aliphatic heterocycles. The van der Waals surface area contributed by atoms with Gasteiger partial charge in [-0.05, 0) is 25.5 Å². The number of nitrogens with one attached hydrogen (secondary N) is 1. The van der Waals surface area contributed by atoms with Crippen molar-refractivity contribution in [1.82, 2.24) is 10.2 Å². The normalized spacial score (nSPS) is 12.5. The van der Waals surface area contributed by atoms with Crippen LogP contribution in [0.4, 0.5) is 5.82 Å². The van der Waals surface area contributed by atoms with Crippen LogP contribution in [0, 0.1) is 6.92 Å². The van der Waals surface area contributed by atoms with Crippen LogP contribution in [0.25, 0.3) is 0 Å². The average molecular weight is 214 g/mol. The molecular formula is C10H16ClN3. The van der Waals surface area contributed by atoms with E-state index in [0.29, 0.717) is 0 Å². The van der Waals surface area contributed by atoms with Crippen LogP contribution in [-0.4, -0.2) is 22.1 Å². The highest BCUT2D eigenvalue weighted by Gasteiger charge is 2.02. The van der Waals surface area contributed by atoms with Crippen molar-refractivity contribution in [3.8, 4) is 0 Å². The van der Waals surface area contributed by atoms with Crippen molar-refractivity contribution in [2.75, 3.05) is 11.9 Å². The van der Waals surface area contributed by atoms with Crippen LogP contribution >= 0.6 is 11.6 Å². The van der Waals surface area contributed by atoms with Gasteiger partial charge in [0.05, 0.1) is 11.1 Å². The van der Waals surface area contributed by atoms with E-state index in [9.17, 15) is 0 Å². The Kier molecular flexibility index (Phi) is 4.66. The summed E-state index contributed by atoms with van der Waals surface area (Å²) in [6.07, 6.45) is 2.13. The van der Waals surface area contributed by atoms with Gasteiger partial charge in [0.15, 0.2) is 0 Å². The number of alkyl halides is 1. The molecule has 0 bridgehead atoms. The van der Waals surface area contributed by atoms with Crippen LogP contribution in [0.2, 0.25) is 0 Å². The van der Waals surface area contributed by atoms with Gasteiger partial charge in [0.1, 0.15) is 5.82 Å². The molecule has 1 atom stereocenters. The molecule has 1 unspecified atom stereocenters. The quantitative estimate of drug-likeness (QED) is 0.765. The molecule has 0 aliphatic carbocycles. The van der Waals surface area contributed by atoms with Crippen molar-refractivity contribution in [3.63, 3.8) is 0 Å². The van der Waals surface area contributed by atoms with Crippen molar-refractivity contribution in [3.05, 3.63) is 17.8 Å². The smallest absolute Gasteiger partial charge is 0.148 e. The van der Waals surface area contributed by atoms with Crippen molar-refractivity contribution < 1.29 is 0 Å². The largest absolute Gasteiger partial charge is 0.367 e. The van der Waals surface area contributed by atoms with E-state index in [1.165, 1.54) is 0 Å². The first-order chi connectivity index (χ1) is 6.72. The molecule has 14 heavy (non-hydrogen) atoms. The first-order valence-corrected chi connectivity index (χ1v) is 5.34. The molecule has 4 heteroatoms. The summed E-state index contributed by atoms with van der Waals surface area (Å²) < 4.78 is 0. The number of nitrogens with zero attached hydrogens (tertiary/aromatic N) is 2. The minimum Gasteiger partial charge on any atom is -0.367 e. The lowest BCUT2D eigenvalue weighted by Gasteiger charge is -2.09. The molecule has 1 aromatic heterocycles. The monoisotopic (exact) mass is 213 g/mol. The Morgan fingerprint density at radius 3 is 2.79 bits per heavy atom. The molecule has 0 aliphatic rings. The maximum atomic E-state index is 6.05.